The van der Waals surface area contributed by atoms with E-state index in [1.807, 2.05) is 0 Å². The number of ether oxygens (including phenoxy) is 2. The summed E-state index contributed by atoms with van der Waals surface area (Å²) in [6, 6.07) is 0. The number of esters is 2. The molecule has 0 amide bonds. The van der Waals surface area contributed by atoms with Crippen molar-refractivity contribution in [2.24, 2.45) is 45.3 Å². The number of allylic oxidation sites excluding steroid dienone is 4. The average Bonchev–Trinajstić information content (AvgIpc) is 3.47. The molecule has 4 aliphatic carbocycles. The molecule has 6 atom stereocenters. The number of carbonyl (C=O) groups is 2. The molecule has 4 saturated carbocycles. The molecule has 238 valence electrons. The molecular formula is C40H54O4. The zero-order chi connectivity index (χ0) is 31.7. The zero-order valence-corrected chi connectivity index (χ0v) is 28.2. The van der Waals surface area contributed by atoms with E-state index < -0.39 is 11.9 Å². The molecule has 4 fully saturated rings. The lowest BCUT2D eigenvalue weighted by molar-refractivity contribution is -0.139. The van der Waals surface area contributed by atoms with Gasteiger partial charge in [0.05, 0.1) is 11.1 Å². The van der Waals surface area contributed by atoms with Gasteiger partial charge in [-0.05, 0) is 84.9 Å². The summed E-state index contributed by atoms with van der Waals surface area (Å²) < 4.78 is 11.1. The first-order valence-corrected chi connectivity index (χ1v) is 17.2. The molecular weight excluding hydrogens is 544 g/mol. The van der Waals surface area contributed by atoms with Crippen molar-refractivity contribution >= 4 is 11.9 Å². The molecule has 4 nitrogen and oxygen atoms in total. The molecule has 2 unspecified atom stereocenters. The summed E-state index contributed by atoms with van der Waals surface area (Å²) in [5.41, 5.74) is 5.74. The van der Waals surface area contributed by atoms with E-state index in [9.17, 15) is 9.59 Å². The minimum Gasteiger partial charge on any atom is -0.457 e. The van der Waals surface area contributed by atoms with Gasteiger partial charge in [0.2, 0.25) is 0 Å². The summed E-state index contributed by atoms with van der Waals surface area (Å²) >= 11 is 0. The minimum absolute atomic E-state index is 0.140. The number of hydrogen-bond donors (Lipinski definition) is 0. The van der Waals surface area contributed by atoms with E-state index in [-0.39, 0.29) is 35.9 Å². The molecule has 0 aromatic heterocycles. The number of carbonyl (C=O) groups excluding carboxylic acids is 2. The third kappa shape index (κ3) is 5.03. The second-order valence-corrected chi connectivity index (χ2v) is 16.8. The summed E-state index contributed by atoms with van der Waals surface area (Å²) in [6.45, 7) is 24.0. The van der Waals surface area contributed by atoms with E-state index in [1.165, 1.54) is 62.5 Å². The van der Waals surface area contributed by atoms with Crippen molar-refractivity contribution in [3.63, 3.8) is 0 Å². The fraction of sp³-hybridized carbons (Fsp3) is 0.650. The monoisotopic (exact) mass is 598 g/mol. The summed E-state index contributed by atoms with van der Waals surface area (Å²) in [7, 11) is 0. The molecule has 4 heteroatoms. The van der Waals surface area contributed by atoms with E-state index in [4.69, 9.17) is 9.47 Å². The highest BCUT2D eigenvalue weighted by atomic mass is 16.5. The van der Waals surface area contributed by atoms with Gasteiger partial charge in [-0.15, -0.1) is 0 Å². The van der Waals surface area contributed by atoms with Crippen LogP contribution >= 0.6 is 0 Å². The maximum absolute atomic E-state index is 13.2. The Balaban J connectivity index is 1.33. The Morgan fingerprint density at radius 1 is 0.636 bits per heavy atom. The SMILES string of the molecule is C=C1CCC2C(C)(C)CCC[C@@]2(C)[C@@H]1/C=C/C1=C(C2=C(/C=C/[C@H]3C(=C)CCC4C(C)(C)CCC[C@@]43C)COC2=O)C(=O)OC1. The topological polar surface area (TPSA) is 52.6 Å². The molecule has 2 heterocycles. The van der Waals surface area contributed by atoms with E-state index in [0.717, 1.165) is 24.0 Å². The van der Waals surface area contributed by atoms with Gasteiger partial charge in [0.15, 0.2) is 0 Å². The van der Waals surface area contributed by atoms with Crippen LogP contribution in [0.1, 0.15) is 106 Å². The molecule has 0 bridgehead atoms. The molecule has 0 aromatic rings. The van der Waals surface area contributed by atoms with Gasteiger partial charge in [-0.3, -0.25) is 0 Å². The van der Waals surface area contributed by atoms with Crippen LogP contribution in [0, 0.1) is 45.3 Å². The lowest BCUT2D eigenvalue weighted by atomic mass is 9.47. The Labute approximate surface area is 265 Å². The molecule has 6 aliphatic rings. The second kappa shape index (κ2) is 11.0. The predicted octanol–water partition coefficient (Wildman–Crippen LogP) is 9.40. The van der Waals surface area contributed by atoms with Gasteiger partial charge < -0.3 is 9.47 Å². The molecule has 0 aromatic carbocycles. The van der Waals surface area contributed by atoms with Gasteiger partial charge in [-0.1, -0.05) is 103 Å². The van der Waals surface area contributed by atoms with Crippen molar-refractivity contribution in [2.75, 3.05) is 13.2 Å². The second-order valence-electron chi connectivity index (χ2n) is 16.8. The number of hydrogen-bond acceptors (Lipinski definition) is 4. The molecule has 0 N–H and O–H groups in total. The fourth-order valence-corrected chi connectivity index (χ4v) is 11.2. The normalized spacial score (nSPS) is 38.8. The lowest BCUT2D eigenvalue weighted by Crippen LogP contribution is -2.48. The number of cyclic esters (lactones) is 2. The molecule has 6 rings (SSSR count). The van der Waals surface area contributed by atoms with E-state index in [1.54, 1.807) is 0 Å². The maximum atomic E-state index is 13.2. The largest absolute Gasteiger partial charge is 0.457 e. The van der Waals surface area contributed by atoms with Gasteiger partial charge >= 0.3 is 11.9 Å². The Morgan fingerprint density at radius 2 is 1.02 bits per heavy atom. The maximum Gasteiger partial charge on any atom is 0.339 e. The molecule has 44 heavy (non-hydrogen) atoms. The van der Waals surface area contributed by atoms with Crippen LogP contribution in [0.5, 0.6) is 0 Å². The fourth-order valence-electron chi connectivity index (χ4n) is 11.2. The van der Waals surface area contributed by atoms with Gasteiger partial charge in [0, 0.05) is 23.0 Å². The quantitative estimate of drug-likeness (QED) is 0.234. The lowest BCUT2D eigenvalue weighted by Gasteiger charge is -2.57. The Bertz CT molecular complexity index is 1290. The van der Waals surface area contributed by atoms with Crippen molar-refractivity contribution < 1.29 is 19.1 Å². The smallest absolute Gasteiger partial charge is 0.339 e. The average molecular weight is 599 g/mol. The van der Waals surface area contributed by atoms with Crippen molar-refractivity contribution in [1.82, 2.24) is 0 Å². The van der Waals surface area contributed by atoms with E-state index in [2.05, 4.69) is 79.0 Å². The van der Waals surface area contributed by atoms with Crippen LogP contribution in [0.15, 0.2) is 70.9 Å². The van der Waals surface area contributed by atoms with Crippen LogP contribution in [0.3, 0.4) is 0 Å². The third-order valence-electron chi connectivity index (χ3n) is 13.4. The summed E-state index contributed by atoms with van der Waals surface area (Å²) in [4.78, 5) is 26.4. The zero-order valence-electron chi connectivity index (χ0n) is 28.2. The van der Waals surface area contributed by atoms with Gasteiger partial charge in [0.25, 0.3) is 0 Å². The van der Waals surface area contributed by atoms with Crippen LogP contribution in [-0.4, -0.2) is 25.2 Å². The van der Waals surface area contributed by atoms with Crippen LogP contribution in [0.25, 0.3) is 0 Å². The van der Waals surface area contributed by atoms with Crippen LogP contribution < -0.4 is 0 Å². The first-order valence-electron chi connectivity index (χ1n) is 17.2. The molecule has 2 aliphatic heterocycles. The van der Waals surface area contributed by atoms with Gasteiger partial charge in [-0.25, -0.2) is 9.59 Å². The molecule has 0 saturated heterocycles. The van der Waals surface area contributed by atoms with Crippen LogP contribution in [-0.2, 0) is 19.1 Å². The summed E-state index contributed by atoms with van der Waals surface area (Å²) in [5, 5.41) is 0. The predicted molar refractivity (Wildman–Crippen MR) is 176 cm³/mol. The highest BCUT2D eigenvalue weighted by molar-refractivity contribution is 6.11. The highest BCUT2D eigenvalue weighted by Gasteiger charge is 2.53. The minimum atomic E-state index is -0.433. The standard InChI is InChI=1S/C40H54O4/c1-25-11-17-31-37(3,4)19-9-21-39(31,7)29(25)15-13-27-23-43-35(41)33(27)34-28(24-44-36(34)42)14-16-30-26(2)12-18-32-38(5,6)20-10-22-40(30,32)8/h13-16,29-32H,1-2,9-12,17-24H2,3-8H3/b15-13+,16-14+/t29-,30+,31?,32?,39+,40-. The first-order chi connectivity index (χ1) is 20.7. The summed E-state index contributed by atoms with van der Waals surface area (Å²) in [6.07, 6.45) is 20.5. The Hall–Kier alpha value is -2.62. The first kappa shape index (κ1) is 31.4. The molecule has 0 spiro atoms. The van der Waals surface area contributed by atoms with Gasteiger partial charge in [-0.2, -0.15) is 0 Å². The molecule has 0 radical (unpaired) electrons. The summed E-state index contributed by atoms with van der Waals surface area (Å²) in [5.74, 6) is 0.873. The Morgan fingerprint density at radius 3 is 1.41 bits per heavy atom. The van der Waals surface area contributed by atoms with E-state index in [0.29, 0.717) is 33.8 Å². The number of fused-ring (bicyclic) bond motifs is 2. The van der Waals surface area contributed by atoms with Crippen molar-refractivity contribution in [3.05, 3.63) is 70.9 Å². The number of rotatable bonds is 5. The van der Waals surface area contributed by atoms with Crippen molar-refractivity contribution in [1.29, 1.82) is 0 Å². The van der Waals surface area contributed by atoms with E-state index >= 15 is 0 Å². The van der Waals surface area contributed by atoms with Gasteiger partial charge in [0.1, 0.15) is 13.2 Å². The van der Waals surface area contributed by atoms with Crippen LogP contribution in [0.4, 0.5) is 0 Å². The third-order valence-corrected chi connectivity index (χ3v) is 13.4. The van der Waals surface area contributed by atoms with Crippen LogP contribution in [0.2, 0.25) is 0 Å². The Kier molecular flexibility index (Phi) is 7.86. The van der Waals surface area contributed by atoms with Crippen molar-refractivity contribution in [2.45, 2.75) is 106 Å². The highest BCUT2D eigenvalue weighted by Crippen LogP contribution is 2.62. The van der Waals surface area contributed by atoms with Crippen molar-refractivity contribution in [3.8, 4) is 0 Å².